The largest absolute Gasteiger partial charge is 0.490 e. The summed E-state index contributed by atoms with van der Waals surface area (Å²) < 4.78 is 7.92. The molecule has 0 N–H and O–H groups in total. The summed E-state index contributed by atoms with van der Waals surface area (Å²) in [6, 6.07) is 18.4. The average Bonchev–Trinajstić information content (AvgIpc) is 3.23. The number of hydrogen-bond donors (Lipinski definition) is 0. The Morgan fingerprint density at radius 2 is 1.72 bits per heavy atom. The second kappa shape index (κ2) is 10.9. The van der Waals surface area contributed by atoms with E-state index in [4.69, 9.17) is 16.3 Å². The molecule has 2 saturated heterocycles. The molecule has 1 amide bonds. The van der Waals surface area contributed by atoms with Gasteiger partial charge >= 0.3 is 0 Å². The van der Waals surface area contributed by atoms with Crippen LogP contribution in [-0.4, -0.2) is 70.9 Å². The molecular formula is C28H34ClN5O2. The van der Waals surface area contributed by atoms with E-state index in [1.54, 1.807) is 4.68 Å². The summed E-state index contributed by atoms with van der Waals surface area (Å²) >= 11 is 6.16. The number of hydrogen-bond acceptors (Lipinski definition) is 5. The molecule has 0 saturated carbocycles. The first-order valence-electron chi connectivity index (χ1n) is 12.7. The number of nitrogens with zero attached hydrogens (tertiary/aromatic N) is 5. The average molecular weight is 508 g/mol. The van der Waals surface area contributed by atoms with Crippen molar-refractivity contribution in [2.24, 2.45) is 7.05 Å². The summed E-state index contributed by atoms with van der Waals surface area (Å²) in [7, 11) is 1.82. The molecule has 7 nitrogen and oxygen atoms in total. The fourth-order valence-electron chi connectivity index (χ4n) is 5.11. The number of likely N-dealkylation sites (tertiary alicyclic amines) is 1. The Balaban J connectivity index is 1.07. The molecule has 0 aliphatic carbocycles. The highest BCUT2D eigenvalue weighted by Gasteiger charge is 2.26. The molecule has 190 valence electrons. The number of piperazine rings is 1. The predicted molar refractivity (Wildman–Crippen MR) is 143 cm³/mol. The van der Waals surface area contributed by atoms with Crippen molar-refractivity contribution in [2.75, 3.05) is 44.2 Å². The molecule has 5 rings (SSSR count). The zero-order valence-corrected chi connectivity index (χ0v) is 21.8. The van der Waals surface area contributed by atoms with E-state index < -0.39 is 0 Å². The molecule has 8 heteroatoms. The number of rotatable bonds is 6. The first kappa shape index (κ1) is 24.7. The number of amides is 1. The zero-order valence-electron chi connectivity index (χ0n) is 21.1. The lowest BCUT2D eigenvalue weighted by Crippen LogP contribution is -2.45. The number of carbonyl (C=O) groups excluding carboxylic acids is 1. The SMILES string of the molecule is Cc1cc(C(=O)N2CCC(Oc3ccc(CN4CCN(c5cccc(Cl)c5)CC4)cc3)CC2)n(C)n1. The van der Waals surface area contributed by atoms with Crippen LogP contribution in [0.2, 0.25) is 5.02 Å². The minimum atomic E-state index is 0.0503. The molecule has 0 atom stereocenters. The van der Waals surface area contributed by atoms with Crippen LogP contribution < -0.4 is 9.64 Å². The van der Waals surface area contributed by atoms with Crippen LogP contribution in [0.4, 0.5) is 5.69 Å². The van der Waals surface area contributed by atoms with Gasteiger partial charge in [0.1, 0.15) is 17.5 Å². The van der Waals surface area contributed by atoms with Gasteiger partial charge in [-0.05, 0) is 48.9 Å². The predicted octanol–water partition coefficient (Wildman–Crippen LogP) is 4.39. The summed E-state index contributed by atoms with van der Waals surface area (Å²) in [5.74, 6) is 0.950. The van der Waals surface area contributed by atoms with Gasteiger partial charge in [-0.2, -0.15) is 5.10 Å². The van der Waals surface area contributed by atoms with E-state index in [1.165, 1.54) is 11.3 Å². The van der Waals surface area contributed by atoms with Crippen molar-refractivity contribution in [1.82, 2.24) is 19.6 Å². The minimum Gasteiger partial charge on any atom is -0.490 e. The van der Waals surface area contributed by atoms with E-state index in [1.807, 2.05) is 43.1 Å². The topological polar surface area (TPSA) is 53.8 Å². The molecule has 0 unspecified atom stereocenters. The molecule has 2 aliphatic rings. The van der Waals surface area contributed by atoms with Gasteiger partial charge < -0.3 is 14.5 Å². The number of halogens is 1. The van der Waals surface area contributed by atoms with Gasteiger partial charge in [-0.25, -0.2) is 0 Å². The molecule has 36 heavy (non-hydrogen) atoms. The van der Waals surface area contributed by atoms with Crippen LogP contribution in [0, 0.1) is 6.92 Å². The van der Waals surface area contributed by atoms with Gasteiger partial charge in [-0.15, -0.1) is 0 Å². The second-order valence-corrected chi connectivity index (χ2v) is 10.2. The van der Waals surface area contributed by atoms with E-state index >= 15 is 0 Å². The molecule has 0 spiro atoms. The normalized spacial score (nSPS) is 17.4. The highest BCUT2D eigenvalue weighted by Crippen LogP contribution is 2.23. The lowest BCUT2D eigenvalue weighted by atomic mass is 10.1. The lowest BCUT2D eigenvalue weighted by molar-refractivity contribution is 0.0585. The first-order valence-corrected chi connectivity index (χ1v) is 13.1. The van der Waals surface area contributed by atoms with E-state index in [-0.39, 0.29) is 12.0 Å². The number of benzene rings is 2. The Labute approximate surface area is 218 Å². The maximum absolute atomic E-state index is 12.8. The fourth-order valence-corrected chi connectivity index (χ4v) is 5.30. The maximum Gasteiger partial charge on any atom is 0.272 e. The number of piperidine rings is 1. The molecule has 2 aromatic carbocycles. The summed E-state index contributed by atoms with van der Waals surface area (Å²) in [5, 5.41) is 5.08. The van der Waals surface area contributed by atoms with E-state index in [0.717, 1.165) is 62.0 Å². The van der Waals surface area contributed by atoms with Crippen molar-refractivity contribution in [3.8, 4) is 5.75 Å². The number of carbonyl (C=O) groups is 1. The third kappa shape index (κ3) is 5.85. The van der Waals surface area contributed by atoms with Gasteiger partial charge in [0, 0.05) is 76.4 Å². The number of ether oxygens (including phenoxy) is 1. The Hall–Kier alpha value is -3.03. The highest BCUT2D eigenvalue weighted by atomic mass is 35.5. The standard InChI is InChI=1S/C28H34ClN5O2/c1-21-18-27(31(2)30-21)28(35)34-12-10-26(11-13-34)36-25-8-6-22(7-9-25)20-32-14-16-33(17-15-32)24-5-3-4-23(29)19-24/h3-9,18-19,26H,10-17,20H2,1-2H3. The Morgan fingerprint density at radius 1 is 1.00 bits per heavy atom. The van der Waals surface area contributed by atoms with Crippen LogP contribution in [-0.2, 0) is 13.6 Å². The second-order valence-electron chi connectivity index (χ2n) is 9.79. The van der Waals surface area contributed by atoms with E-state index in [9.17, 15) is 4.79 Å². The van der Waals surface area contributed by atoms with Crippen LogP contribution >= 0.6 is 11.6 Å². The molecule has 3 heterocycles. The maximum atomic E-state index is 12.8. The van der Waals surface area contributed by atoms with Crippen molar-refractivity contribution in [2.45, 2.75) is 32.4 Å². The molecule has 2 fully saturated rings. The van der Waals surface area contributed by atoms with Crippen molar-refractivity contribution in [3.05, 3.63) is 76.6 Å². The molecule has 3 aromatic rings. The monoisotopic (exact) mass is 507 g/mol. The van der Waals surface area contributed by atoms with Gasteiger partial charge in [-0.1, -0.05) is 29.8 Å². The molecular weight excluding hydrogens is 474 g/mol. The molecule has 2 aliphatic heterocycles. The van der Waals surface area contributed by atoms with Crippen molar-refractivity contribution in [1.29, 1.82) is 0 Å². The number of anilines is 1. The Morgan fingerprint density at radius 3 is 2.36 bits per heavy atom. The smallest absolute Gasteiger partial charge is 0.272 e. The van der Waals surface area contributed by atoms with Crippen LogP contribution in [0.5, 0.6) is 5.75 Å². The third-order valence-corrected chi connectivity index (χ3v) is 7.36. The van der Waals surface area contributed by atoms with Crippen LogP contribution in [0.25, 0.3) is 0 Å². The zero-order chi connectivity index (χ0) is 25.1. The van der Waals surface area contributed by atoms with Crippen molar-refractivity contribution < 1.29 is 9.53 Å². The summed E-state index contributed by atoms with van der Waals surface area (Å²) in [6.45, 7) is 8.31. The quantitative estimate of drug-likeness (QED) is 0.495. The molecule has 0 bridgehead atoms. The van der Waals surface area contributed by atoms with Gasteiger partial charge in [-0.3, -0.25) is 14.4 Å². The van der Waals surface area contributed by atoms with Gasteiger partial charge in [0.25, 0.3) is 5.91 Å². The Bertz CT molecular complexity index is 1180. The molecule has 1 aromatic heterocycles. The van der Waals surface area contributed by atoms with Gasteiger partial charge in [0.2, 0.25) is 0 Å². The fraction of sp³-hybridized carbons (Fsp3) is 0.429. The number of aryl methyl sites for hydroxylation is 2. The van der Waals surface area contributed by atoms with Gasteiger partial charge in [0.05, 0.1) is 5.69 Å². The van der Waals surface area contributed by atoms with Crippen LogP contribution in [0.15, 0.2) is 54.6 Å². The summed E-state index contributed by atoms with van der Waals surface area (Å²) in [6.07, 6.45) is 1.80. The Kier molecular flexibility index (Phi) is 7.48. The van der Waals surface area contributed by atoms with E-state index in [0.29, 0.717) is 18.8 Å². The van der Waals surface area contributed by atoms with Crippen molar-refractivity contribution in [3.63, 3.8) is 0 Å². The molecule has 0 radical (unpaired) electrons. The van der Waals surface area contributed by atoms with Crippen LogP contribution in [0.1, 0.15) is 34.6 Å². The third-order valence-electron chi connectivity index (χ3n) is 7.13. The minimum absolute atomic E-state index is 0.0503. The highest BCUT2D eigenvalue weighted by molar-refractivity contribution is 6.30. The lowest BCUT2D eigenvalue weighted by Gasteiger charge is -2.36. The van der Waals surface area contributed by atoms with Crippen molar-refractivity contribution >= 4 is 23.2 Å². The summed E-state index contributed by atoms with van der Waals surface area (Å²) in [4.78, 5) is 19.6. The van der Waals surface area contributed by atoms with Crippen LogP contribution in [0.3, 0.4) is 0 Å². The number of aromatic nitrogens is 2. The van der Waals surface area contributed by atoms with E-state index in [2.05, 4.69) is 45.2 Å². The van der Waals surface area contributed by atoms with Gasteiger partial charge in [0.15, 0.2) is 0 Å². The first-order chi connectivity index (χ1) is 17.4. The summed E-state index contributed by atoms with van der Waals surface area (Å²) in [5.41, 5.74) is 4.01.